The van der Waals surface area contributed by atoms with Crippen LogP contribution >= 0.6 is 11.6 Å². The Kier molecular flexibility index (Phi) is 4.46. The lowest BCUT2D eigenvalue weighted by atomic mass is 9.98. The van der Waals surface area contributed by atoms with Gasteiger partial charge in [0.2, 0.25) is 0 Å². The van der Waals surface area contributed by atoms with E-state index in [0.717, 1.165) is 6.07 Å². The van der Waals surface area contributed by atoms with Crippen molar-refractivity contribution in [3.63, 3.8) is 0 Å². The van der Waals surface area contributed by atoms with Crippen LogP contribution in [-0.4, -0.2) is 33.9 Å². The lowest BCUT2D eigenvalue weighted by Gasteiger charge is -2.30. The van der Waals surface area contributed by atoms with Crippen LogP contribution in [0.4, 0.5) is 10.2 Å². The van der Waals surface area contributed by atoms with E-state index < -0.39 is 11.4 Å². The van der Waals surface area contributed by atoms with Crippen molar-refractivity contribution in [2.75, 3.05) is 18.5 Å². The molecule has 0 saturated carbocycles. The number of nitrogens with zero attached hydrogens (tertiary/aromatic N) is 1. The second-order valence-electron chi connectivity index (χ2n) is 3.56. The third-order valence-corrected chi connectivity index (χ3v) is 2.68. The van der Waals surface area contributed by atoms with Gasteiger partial charge in [0.15, 0.2) is 11.6 Å². The highest BCUT2D eigenvalue weighted by atomic mass is 35.5. The summed E-state index contributed by atoms with van der Waals surface area (Å²) in [5, 5.41) is 21.3. The Balaban J connectivity index is 2.93. The van der Waals surface area contributed by atoms with Crippen LogP contribution in [0.25, 0.3) is 0 Å². The Morgan fingerprint density at radius 1 is 1.50 bits per heavy atom. The second kappa shape index (κ2) is 5.43. The normalized spacial score (nSPS) is 11.6. The molecule has 0 spiro atoms. The fourth-order valence-electron chi connectivity index (χ4n) is 1.20. The Labute approximate surface area is 98.1 Å². The van der Waals surface area contributed by atoms with Gasteiger partial charge in [-0.15, -0.1) is 0 Å². The van der Waals surface area contributed by atoms with Gasteiger partial charge in [0.25, 0.3) is 0 Å². The third-order valence-electron chi connectivity index (χ3n) is 2.47. The van der Waals surface area contributed by atoms with Gasteiger partial charge in [-0.2, -0.15) is 0 Å². The van der Waals surface area contributed by atoms with E-state index in [1.54, 1.807) is 6.92 Å². The van der Waals surface area contributed by atoms with Gasteiger partial charge in [-0.3, -0.25) is 0 Å². The highest BCUT2D eigenvalue weighted by Crippen LogP contribution is 2.21. The molecule has 90 valence electrons. The molecule has 1 rings (SSSR count). The summed E-state index contributed by atoms with van der Waals surface area (Å²) in [4.78, 5) is 3.77. The average Bonchev–Trinajstić information content (AvgIpc) is 2.29. The van der Waals surface area contributed by atoms with Gasteiger partial charge in [0, 0.05) is 6.20 Å². The monoisotopic (exact) mass is 248 g/mol. The van der Waals surface area contributed by atoms with Gasteiger partial charge in [-0.1, -0.05) is 18.5 Å². The van der Waals surface area contributed by atoms with E-state index in [4.69, 9.17) is 11.6 Å². The summed E-state index contributed by atoms with van der Waals surface area (Å²) < 4.78 is 13.4. The number of nitrogens with one attached hydrogen (secondary N) is 1. The first kappa shape index (κ1) is 13.2. The first-order valence-electron chi connectivity index (χ1n) is 4.88. The number of aliphatic hydroxyl groups excluding tert-OH is 2. The van der Waals surface area contributed by atoms with E-state index >= 15 is 0 Å². The molecule has 0 unspecified atom stereocenters. The molecule has 0 aliphatic rings. The minimum atomic E-state index is -0.971. The first-order valence-corrected chi connectivity index (χ1v) is 5.25. The maximum atomic E-state index is 13.4. The van der Waals surface area contributed by atoms with Gasteiger partial charge in [-0.25, -0.2) is 9.37 Å². The molecule has 4 nitrogen and oxygen atoms in total. The second-order valence-corrected chi connectivity index (χ2v) is 4.00. The molecule has 0 fully saturated rings. The Bertz CT molecular complexity index is 350. The van der Waals surface area contributed by atoms with Gasteiger partial charge < -0.3 is 15.5 Å². The summed E-state index contributed by atoms with van der Waals surface area (Å²) in [6, 6.07) is 1.12. The van der Waals surface area contributed by atoms with Crippen molar-refractivity contribution in [1.82, 2.24) is 4.98 Å². The lowest BCUT2D eigenvalue weighted by Crippen LogP contribution is -2.45. The Hall–Kier alpha value is -0.910. The quantitative estimate of drug-likeness (QED) is 0.737. The van der Waals surface area contributed by atoms with Crippen molar-refractivity contribution in [3.05, 3.63) is 23.1 Å². The fraction of sp³-hybridized carbons (Fsp3) is 0.500. The van der Waals surface area contributed by atoms with Crippen molar-refractivity contribution < 1.29 is 14.6 Å². The van der Waals surface area contributed by atoms with E-state index in [1.807, 2.05) is 0 Å². The summed E-state index contributed by atoms with van der Waals surface area (Å²) in [5.41, 5.74) is -0.971. The van der Waals surface area contributed by atoms with Gasteiger partial charge in [-0.05, 0) is 12.5 Å². The molecule has 0 aliphatic heterocycles. The smallest absolute Gasteiger partial charge is 0.166 e. The highest BCUT2D eigenvalue weighted by molar-refractivity contribution is 6.30. The van der Waals surface area contributed by atoms with Crippen LogP contribution in [0.2, 0.25) is 5.02 Å². The molecule has 6 heteroatoms. The number of aromatic nitrogens is 1. The van der Waals surface area contributed by atoms with Crippen LogP contribution < -0.4 is 5.32 Å². The van der Waals surface area contributed by atoms with Crippen LogP contribution in [0.3, 0.4) is 0 Å². The number of rotatable bonds is 5. The maximum absolute atomic E-state index is 13.4. The molecule has 3 N–H and O–H groups in total. The molecule has 0 bridgehead atoms. The molecule has 0 atom stereocenters. The van der Waals surface area contributed by atoms with Gasteiger partial charge in [0.05, 0.1) is 23.8 Å². The summed E-state index contributed by atoms with van der Waals surface area (Å²) in [6.07, 6.45) is 1.73. The topological polar surface area (TPSA) is 65.4 Å². The molecule has 0 aliphatic carbocycles. The average molecular weight is 249 g/mol. The van der Waals surface area contributed by atoms with Crippen LogP contribution in [0, 0.1) is 5.82 Å². The van der Waals surface area contributed by atoms with Crippen LogP contribution in [0.5, 0.6) is 0 Å². The molecule has 0 aromatic carbocycles. The van der Waals surface area contributed by atoms with E-state index in [9.17, 15) is 14.6 Å². The molecular formula is C10H14ClFN2O2. The maximum Gasteiger partial charge on any atom is 0.166 e. The summed E-state index contributed by atoms with van der Waals surface area (Å²) in [5.74, 6) is -0.651. The molecule has 1 aromatic rings. The molecule has 1 heterocycles. The minimum Gasteiger partial charge on any atom is -0.394 e. The SMILES string of the molecule is CCC(CO)(CO)Nc1ncc(Cl)cc1F. The third kappa shape index (κ3) is 2.81. The molecule has 0 radical (unpaired) electrons. The summed E-state index contributed by atoms with van der Waals surface area (Å²) in [6.45, 7) is 1.14. The van der Waals surface area contributed by atoms with E-state index in [2.05, 4.69) is 10.3 Å². The van der Waals surface area contributed by atoms with Crippen molar-refractivity contribution in [1.29, 1.82) is 0 Å². The van der Waals surface area contributed by atoms with E-state index in [-0.39, 0.29) is 24.1 Å². The van der Waals surface area contributed by atoms with Crippen LogP contribution in [0.15, 0.2) is 12.3 Å². The zero-order valence-electron chi connectivity index (χ0n) is 8.87. The zero-order valence-corrected chi connectivity index (χ0v) is 9.63. The number of halogens is 2. The minimum absolute atomic E-state index is 0.0330. The predicted molar refractivity (Wildman–Crippen MR) is 60.0 cm³/mol. The number of aliphatic hydroxyl groups is 2. The molecule has 0 saturated heterocycles. The van der Waals surface area contributed by atoms with E-state index in [1.165, 1.54) is 6.20 Å². The number of anilines is 1. The molecule has 1 aromatic heterocycles. The standard InChI is InChI=1S/C10H14ClFN2O2/c1-2-10(5-15,6-16)14-9-8(12)3-7(11)4-13-9/h3-4,15-16H,2,5-6H2,1H3,(H,13,14). The molecule has 16 heavy (non-hydrogen) atoms. The van der Waals surface area contributed by atoms with Gasteiger partial charge in [0.1, 0.15) is 0 Å². The lowest BCUT2D eigenvalue weighted by molar-refractivity contribution is 0.132. The Morgan fingerprint density at radius 2 is 2.12 bits per heavy atom. The molecular weight excluding hydrogens is 235 g/mol. The summed E-state index contributed by atoms with van der Waals surface area (Å²) >= 11 is 5.56. The first-order chi connectivity index (χ1) is 7.56. The summed E-state index contributed by atoms with van der Waals surface area (Å²) in [7, 11) is 0. The van der Waals surface area contributed by atoms with E-state index in [0.29, 0.717) is 6.42 Å². The van der Waals surface area contributed by atoms with Crippen molar-refractivity contribution in [3.8, 4) is 0 Å². The Morgan fingerprint density at radius 3 is 2.56 bits per heavy atom. The number of hydrogen-bond acceptors (Lipinski definition) is 4. The highest BCUT2D eigenvalue weighted by Gasteiger charge is 2.27. The number of pyridine rings is 1. The zero-order chi connectivity index (χ0) is 12.2. The predicted octanol–water partition coefficient (Wildman–Crippen LogP) is 1.42. The van der Waals surface area contributed by atoms with Crippen molar-refractivity contribution in [2.45, 2.75) is 18.9 Å². The van der Waals surface area contributed by atoms with Crippen molar-refractivity contribution in [2.24, 2.45) is 0 Å². The van der Waals surface area contributed by atoms with Crippen LogP contribution in [-0.2, 0) is 0 Å². The molecule has 0 amide bonds. The fourth-order valence-corrected chi connectivity index (χ4v) is 1.34. The van der Waals surface area contributed by atoms with Crippen LogP contribution in [0.1, 0.15) is 13.3 Å². The largest absolute Gasteiger partial charge is 0.394 e. The number of hydrogen-bond donors (Lipinski definition) is 3. The van der Waals surface area contributed by atoms with Gasteiger partial charge >= 0.3 is 0 Å². The van der Waals surface area contributed by atoms with Crippen molar-refractivity contribution >= 4 is 17.4 Å².